The largest absolute Gasteiger partial charge is 0.390 e. The molecule has 0 bridgehead atoms. The topological polar surface area (TPSA) is 89.2 Å². The van der Waals surface area contributed by atoms with Gasteiger partial charge in [0.2, 0.25) is 0 Å². The minimum atomic E-state index is -1.09. The zero-order chi connectivity index (χ0) is 11.3. The Bertz CT molecular complexity index is 362. The highest BCUT2D eigenvalue weighted by Gasteiger charge is 2.16. The first-order valence-electron chi connectivity index (χ1n) is 4.31. The van der Waals surface area contributed by atoms with Gasteiger partial charge < -0.3 is 10.2 Å². The van der Waals surface area contributed by atoms with Crippen LogP contribution in [-0.4, -0.2) is 22.9 Å². The number of nitrogens with zero attached hydrogens (tertiary/aromatic N) is 3. The molecule has 0 aliphatic carbocycles. The van der Waals surface area contributed by atoms with Crippen LogP contribution in [0.2, 0.25) is 0 Å². The summed E-state index contributed by atoms with van der Waals surface area (Å²) in [6.45, 7) is -0.152. The standard InChI is InChI=1S/C9H11N3O2S/c10-12-11-5-8(13)9(14)6-1-3-7(15)4-2-6/h1-4,8-9,13-15H,5H2. The molecule has 1 aromatic rings. The van der Waals surface area contributed by atoms with Crippen molar-refractivity contribution in [3.8, 4) is 0 Å². The van der Waals surface area contributed by atoms with Gasteiger partial charge in [-0.25, -0.2) is 0 Å². The molecule has 0 saturated carbocycles. The Hall–Kier alpha value is -1.20. The molecule has 0 aromatic heterocycles. The van der Waals surface area contributed by atoms with Gasteiger partial charge in [-0.3, -0.25) is 0 Å². The van der Waals surface area contributed by atoms with Gasteiger partial charge in [-0.05, 0) is 23.2 Å². The number of hydrogen-bond acceptors (Lipinski definition) is 4. The fourth-order valence-electron chi connectivity index (χ4n) is 1.11. The Morgan fingerprint density at radius 2 is 1.93 bits per heavy atom. The molecular formula is C9H11N3O2S. The van der Waals surface area contributed by atoms with E-state index in [1.165, 1.54) is 0 Å². The predicted molar refractivity (Wildman–Crippen MR) is 58.7 cm³/mol. The minimum Gasteiger partial charge on any atom is -0.390 e. The van der Waals surface area contributed by atoms with E-state index < -0.39 is 12.2 Å². The summed E-state index contributed by atoms with van der Waals surface area (Å²) in [5, 5.41) is 22.3. The Morgan fingerprint density at radius 1 is 1.33 bits per heavy atom. The molecule has 2 atom stereocenters. The number of benzene rings is 1. The van der Waals surface area contributed by atoms with E-state index in [0.717, 1.165) is 4.90 Å². The lowest BCUT2D eigenvalue weighted by molar-refractivity contribution is 0.0244. The third-order valence-corrected chi connectivity index (χ3v) is 2.23. The second kappa shape index (κ2) is 5.63. The van der Waals surface area contributed by atoms with Crippen LogP contribution in [0.3, 0.4) is 0 Å². The molecule has 15 heavy (non-hydrogen) atoms. The molecule has 0 aliphatic rings. The molecule has 0 radical (unpaired) electrons. The van der Waals surface area contributed by atoms with E-state index in [4.69, 9.17) is 5.53 Å². The van der Waals surface area contributed by atoms with E-state index in [-0.39, 0.29) is 6.54 Å². The quantitative estimate of drug-likeness (QED) is 0.315. The third-order valence-electron chi connectivity index (χ3n) is 1.93. The summed E-state index contributed by atoms with van der Waals surface area (Å²) in [6.07, 6.45) is -2.14. The maximum Gasteiger partial charge on any atom is 0.105 e. The van der Waals surface area contributed by atoms with Crippen molar-refractivity contribution in [1.29, 1.82) is 0 Å². The predicted octanol–water partition coefficient (Wildman–Crippen LogP) is 1.68. The molecule has 5 nitrogen and oxygen atoms in total. The van der Waals surface area contributed by atoms with E-state index in [1.807, 2.05) is 0 Å². The number of aliphatic hydroxyl groups excluding tert-OH is 2. The molecule has 0 aliphatic heterocycles. The summed E-state index contributed by atoms with van der Waals surface area (Å²) in [5.41, 5.74) is 8.62. The first kappa shape index (κ1) is 11.9. The zero-order valence-corrected chi connectivity index (χ0v) is 8.75. The minimum absolute atomic E-state index is 0.152. The van der Waals surface area contributed by atoms with Gasteiger partial charge in [-0.1, -0.05) is 17.2 Å². The van der Waals surface area contributed by atoms with Crippen molar-refractivity contribution in [2.75, 3.05) is 6.54 Å². The highest BCUT2D eigenvalue weighted by molar-refractivity contribution is 7.80. The first-order valence-corrected chi connectivity index (χ1v) is 4.76. The van der Waals surface area contributed by atoms with Gasteiger partial charge in [0.05, 0.1) is 12.6 Å². The second-order valence-electron chi connectivity index (χ2n) is 3.02. The monoisotopic (exact) mass is 225 g/mol. The molecule has 0 amide bonds. The lowest BCUT2D eigenvalue weighted by Gasteiger charge is -2.16. The molecule has 0 saturated heterocycles. The van der Waals surface area contributed by atoms with E-state index in [2.05, 4.69) is 22.7 Å². The number of rotatable bonds is 4. The number of hydrogen-bond donors (Lipinski definition) is 3. The number of thiol groups is 1. The van der Waals surface area contributed by atoms with Crippen LogP contribution in [0.1, 0.15) is 11.7 Å². The Kier molecular flexibility index (Phi) is 4.45. The lowest BCUT2D eigenvalue weighted by Crippen LogP contribution is -2.20. The number of aliphatic hydroxyl groups is 2. The molecule has 80 valence electrons. The summed E-state index contributed by atoms with van der Waals surface area (Å²) in [4.78, 5) is 3.28. The third kappa shape index (κ3) is 3.45. The lowest BCUT2D eigenvalue weighted by atomic mass is 10.0. The maximum absolute atomic E-state index is 9.65. The summed E-state index contributed by atoms with van der Waals surface area (Å²) in [7, 11) is 0. The van der Waals surface area contributed by atoms with Crippen molar-refractivity contribution < 1.29 is 10.2 Å². The van der Waals surface area contributed by atoms with Crippen LogP contribution in [-0.2, 0) is 0 Å². The molecule has 1 aromatic carbocycles. The van der Waals surface area contributed by atoms with Gasteiger partial charge in [-0.2, -0.15) is 0 Å². The first-order chi connectivity index (χ1) is 7.15. The van der Waals surface area contributed by atoms with E-state index in [1.54, 1.807) is 24.3 Å². The van der Waals surface area contributed by atoms with Crippen molar-refractivity contribution in [2.24, 2.45) is 5.11 Å². The van der Waals surface area contributed by atoms with Crippen LogP contribution in [0.4, 0.5) is 0 Å². The van der Waals surface area contributed by atoms with Crippen molar-refractivity contribution in [3.05, 3.63) is 40.3 Å². The van der Waals surface area contributed by atoms with E-state index in [9.17, 15) is 10.2 Å². The van der Waals surface area contributed by atoms with Crippen molar-refractivity contribution in [2.45, 2.75) is 17.1 Å². The van der Waals surface area contributed by atoms with Crippen LogP contribution < -0.4 is 0 Å². The summed E-state index contributed by atoms with van der Waals surface area (Å²) in [5.74, 6) is 0. The molecule has 0 heterocycles. The molecule has 0 spiro atoms. The molecule has 1 rings (SSSR count). The molecule has 0 fully saturated rings. The van der Waals surface area contributed by atoms with Crippen LogP contribution in [0.5, 0.6) is 0 Å². The normalized spacial score (nSPS) is 14.1. The highest BCUT2D eigenvalue weighted by atomic mass is 32.1. The zero-order valence-electron chi connectivity index (χ0n) is 7.85. The Morgan fingerprint density at radius 3 is 2.47 bits per heavy atom. The number of azide groups is 1. The summed E-state index contributed by atoms with van der Waals surface area (Å²) >= 11 is 4.10. The van der Waals surface area contributed by atoms with Crippen LogP contribution in [0, 0.1) is 0 Å². The van der Waals surface area contributed by atoms with Gasteiger partial charge in [0.1, 0.15) is 6.10 Å². The fraction of sp³-hybridized carbons (Fsp3) is 0.333. The SMILES string of the molecule is [N-]=[N+]=NCC(O)C(O)c1ccc(S)cc1. The van der Waals surface area contributed by atoms with E-state index in [0.29, 0.717) is 5.56 Å². The van der Waals surface area contributed by atoms with Crippen molar-refractivity contribution in [1.82, 2.24) is 0 Å². The van der Waals surface area contributed by atoms with Gasteiger partial charge in [0.15, 0.2) is 0 Å². The summed E-state index contributed by atoms with van der Waals surface area (Å²) in [6, 6.07) is 6.74. The smallest absolute Gasteiger partial charge is 0.105 e. The van der Waals surface area contributed by atoms with Gasteiger partial charge in [0, 0.05) is 9.81 Å². The fourth-order valence-corrected chi connectivity index (χ4v) is 1.26. The van der Waals surface area contributed by atoms with Crippen LogP contribution in [0.25, 0.3) is 10.4 Å². The average molecular weight is 225 g/mol. The highest BCUT2D eigenvalue weighted by Crippen LogP contribution is 2.18. The second-order valence-corrected chi connectivity index (χ2v) is 3.53. The van der Waals surface area contributed by atoms with Crippen LogP contribution >= 0.6 is 12.6 Å². The maximum atomic E-state index is 9.65. The summed E-state index contributed by atoms with van der Waals surface area (Å²) < 4.78 is 0. The van der Waals surface area contributed by atoms with Crippen LogP contribution in [0.15, 0.2) is 34.3 Å². The Labute approximate surface area is 92.4 Å². The Balaban J connectivity index is 2.70. The van der Waals surface area contributed by atoms with Gasteiger partial charge in [-0.15, -0.1) is 12.6 Å². The molecule has 6 heteroatoms. The van der Waals surface area contributed by atoms with Gasteiger partial charge in [0.25, 0.3) is 0 Å². The molecule has 2 unspecified atom stereocenters. The molecular weight excluding hydrogens is 214 g/mol. The van der Waals surface area contributed by atoms with Gasteiger partial charge >= 0.3 is 0 Å². The van der Waals surface area contributed by atoms with Crippen molar-refractivity contribution >= 4 is 12.6 Å². The molecule has 2 N–H and O–H groups in total. The van der Waals surface area contributed by atoms with Crippen molar-refractivity contribution in [3.63, 3.8) is 0 Å². The van der Waals surface area contributed by atoms with E-state index >= 15 is 0 Å². The average Bonchev–Trinajstić information content (AvgIpc) is 2.26.